The molecule has 1 nitrogen and oxygen atoms in total. The standard InChI is InChI=1S/C15H13BrClFO/c1-9-5-6-11(12(16)7-9)14(19)8-10-3-2-4-13(18)15(10)17/h2-7,14,19H,8H2,1H3. The van der Waals surface area contributed by atoms with Crippen LogP contribution in [0.4, 0.5) is 4.39 Å². The maximum absolute atomic E-state index is 13.3. The van der Waals surface area contributed by atoms with Gasteiger partial charge in [0, 0.05) is 10.9 Å². The summed E-state index contributed by atoms with van der Waals surface area (Å²) in [4.78, 5) is 0. The first kappa shape index (κ1) is 14.5. The topological polar surface area (TPSA) is 20.2 Å². The number of rotatable bonds is 3. The summed E-state index contributed by atoms with van der Waals surface area (Å²) in [6, 6.07) is 10.3. The Kier molecular flexibility index (Phi) is 4.61. The van der Waals surface area contributed by atoms with Crippen LogP contribution in [0.5, 0.6) is 0 Å². The summed E-state index contributed by atoms with van der Waals surface area (Å²) in [5, 5.41) is 10.3. The molecule has 2 rings (SSSR count). The number of halogens is 3. The van der Waals surface area contributed by atoms with Crippen molar-refractivity contribution in [3.63, 3.8) is 0 Å². The fourth-order valence-electron chi connectivity index (χ4n) is 1.93. The fraction of sp³-hybridized carbons (Fsp3) is 0.200. The molecule has 0 heterocycles. The van der Waals surface area contributed by atoms with Crippen molar-refractivity contribution in [2.24, 2.45) is 0 Å². The molecule has 0 aliphatic carbocycles. The van der Waals surface area contributed by atoms with Gasteiger partial charge in [-0.1, -0.05) is 51.8 Å². The number of hydrogen-bond acceptors (Lipinski definition) is 1. The van der Waals surface area contributed by atoms with Gasteiger partial charge in [-0.05, 0) is 35.7 Å². The summed E-state index contributed by atoms with van der Waals surface area (Å²) < 4.78 is 14.2. The molecule has 100 valence electrons. The van der Waals surface area contributed by atoms with Gasteiger partial charge in [0.1, 0.15) is 5.82 Å². The van der Waals surface area contributed by atoms with Crippen LogP contribution in [0, 0.1) is 12.7 Å². The second kappa shape index (κ2) is 6.04. The van der Waals surface area contributed by atoms with Gasteiger partial charge in [0.25, 0.3) is 0 Å². The highest BCUT2D eigenvalue weighted by atomic mass is 79.9. The first-order valence-electron chi connectivity index (χ1n) is 5.86. The Labute approximate surface area is 125 Å². The molecular formula is C15H13BrClFO. The van der Waals surface area contributed by atoms with E-state index in [4.69, 9.17) is 11.6 Å². The molecule has 1 atom stereocenters. The fourth-order valence-corrected chi connectivity index (χ4v) is 2.89. The SMILES string of the molecule is Cc1ccc(C(O)Cc2cccc(F)c2Cl)c(Br)c1. The van der Waals surface area contributed by atoms with Crippen molar-refractivity contribution in [1.29, 1.82) is 0 Å². The zero-order chi connectivity index (χ0) is 14.0. The highest BCUT2D eigenvalue weighted by Crippen LogP contribution is 2.29. The number of hydrogen-bond donors (Lipinski definition) is 1. The first-order valence-corrected chi connectivity index (χ1v) is 7.03. The highest BCUT2D eigenvalue weighted by Gasteiger charge is 2.15. The van der Waals surface area contributed by atoms with Crippen LogP contribution in [0.3, 0.4) is 0 Å². The van der Waals surface area contributed by atoms with Crippen molar-refractivity contribution in [3.05, 3.63) is 68.4 Å². The summed E-state index contributed by atoms with van der Waals surface area (Å²) in [5.41, 5.74) is 2.47. The molecule has 0 aromatic heterocycles. The van der Waals surface area contributed by atoms with Gasteiger partial charge >= 0.3 is 0 Å². The van der Waals surface area contributed by atoms with Crippen LogP contribution in [0.2, 0.25) is 5.02 Å². The lowest BCUT2D eigenvalue weighted by atomic mass is 10.0. The molecular weight excluding hydrogens is 331 g/mol. The van der Waals surface area contributed by atoms with E-state index in [0.717, 1.165) is 15.6 Å². The predicted molar refractivity (Wildman–Crippen MR) is 79.0 cm³/mol. The molecule has 0 aliphatic heterocycles. The lowest BCUT2D eigenvalue weighted by Gasteiger charge is -2.14. The van der Waals surface area contributed by atoms with E-state index in [9.17, 15) is 9.50 Å². The minimum atomic E-state index is -0.728. The number of aliphatic hydroxyl groups is 1. The molecule has 0 radical (unpaired) electrons. The summed E-state index contributed by atoms with van der Waals surface area (Å²) in [5.74, 6) is -0.464. The zero-order valence-electron chi connectivity index (χ0n) is 10.3. The summed E-state index contributed by atoms with van der Waals surface area (Å²) >= 11 is 9.32. The van der Waals surface area contributed by atoms with Crippen molar-refractivity contribution in [1.82, 2.24) is 0 Å². The maximum atomic E-state index is 13.3. The van der Waals surface area contributed by atoms with E-state index >= 15 is 0 Å². The minimum Gasteiger partial charge on any atom is -0.388 e. The van der Waals surface area contributed by atoms with Crippen LogP contribution in [-0.2, 0) is 6.42 Å². The van der Waals surface area contributed by atoms with Crippen molar-refractivity contribution in [2.45, 2.75) is 19.4 Å². The molecule has 0 saturated carbocycles. The maximum Gasteiger partial charge on any atom is 0.142 e. The van der Waals surface area contributed by atoms with Crippen LogP contribution in [0.25, 0.3) is 0 Å². The lowest BCUT2D eigenvalue weighted by molar-refractivity contribution is 0.177. The Morgan fingerprint density at radius 3 is 2.74 bits per heavy atom. The Bertz CT molecular complexity index is 601. The minimum absolute atomic E-state index is 0.0739. The number of aliphatic hydroxyl groups excluding tert-OH is 1. The van der Waals surface area contributed by atoms with Crippen LogP contribution in [0.15, 0.2) is 40.9 Å². The third kappa shape index (κ3) is 3.35. The number of aryl methyl sites for hydroxylation is 1. The van der Waals surface area contributed by atoms with E-state index in [1.54, 1.807) is 12.1 Å². The Morgan fingerprint density at radius 1 is 1.32 bits per heavy atom. The van der Waals surface area contributed by atoms with Crippen LogP contribution in [-0.4, -0.2) is 5.11 Å². The monoisotopic (exact) mass is 342 g/mol. The lowest BCUT2D eigenvalue weighted by Crippen LogP contribution is -2.04. The Morgan fingerprint density at radius 2 is 2.05 bits per heavy atom. The van der Waals surface area contributed by atoms with Gasteiger partial charge in [-0.2, -0.15) is 0 Å². The van der Waals surface area contributed by atoms with Gasteiger partial charge in [0.15, 0.2) is 0 Å². The third-order valence-electron chi connectivity index (χ3n) is 2.96. The number of benzene rings is 2. The molecule has 0 amide bonds. The van der Waals surface area contributed by atoms with Crippen LogP contribution >= 0.6 is 27.5 Å². The smallest absolute Gasteiger partial charge is 0.142 e. The van der Waals surface area contributed by atoms with Gasteiger partial charge in [-0.25, -0.2) is 4.39 Å². The van der Waals surface area contributed by atoms with Gasteiger partial charge in [0.05, 0.1) is 11.1 Å². The van der Waals surface area contributed by atoms with Gasteiger partial charge in [0.2, 0.25) is 0 Å². The van der Waals surface area contributed by atoms with E-state index in [-0.39, 0.29) is 11.4 Å². The van der Waals surface area contributed by atoms with E-state index < -0.39 is 11.9 Å². The molecule has 0 bridgehead atoms. The van der Waals surface area contributed by atoms with Crippen LogP contribution in [0.1, 0.15) is 22.8 Å². The average Bonchev–Trinajstić information content (AvgIpc) is 2.34. The largest absolute Gasteiger partial charge is 0.388 e. The molecule has 2 aromatic rings. The second-order valence-electron chi connectivity index (χ2n) is 4.46. The third-order valence-corrected chi connectivity index (χ3v) is 4.07. The Hall–Kier alpha value is -0.900. The molecule has 0 spiro atoms. The predicted octanol–water partition coefficient (Wildman–Crippen LogP) is 4.83. The molecule has 0 fully saturated rings. The molecule has 19 heavy (non-hydrogen) atoms. The van der Waals surface area contributed by atoms with Crippen molar-refractivity contribution in [2.75, 3.05) is 0 Å². The quantitative estimate of drug-likeness (QED) is 0.846. The first-order chi connectivity index (χ1) is 8.99. The van der Waals surface area contributed by atoms with Crippen molar-refractivity contribution in [3.8, 4) is 0 Å². The normalized spacial score (nSPS) is 12.5. The van der Waals surface area contributed by atoms with Gasteiger partial charge in [-0.15, -0.1) is 0 Å². The molecule has 0 saturated heterocycles. The van der Waals surface area contributed by atoms with Crippen LogP contribution < -0.4 is 0 Å². The van der Waals surface area contributed by atoms with Crippen molar-refractivity contribution >= 4 is 27.5 Å². The molecule has 2 aromatic carbocycles. The van der Waals surface area contributed by atoms with Gasteiger partial charge < -0.3 is 5.11 Å². The van der Waals surface area contributed by atoms with Crippen molar-refractivity contribution < 1.29 is 9.50 Å². The van der Waals surface area contributed by atoms with Gasteiger partial charge in [-0.3, -0.25) is 0 Å². The molecule has 1 unspecified atom stereocenters. The molecule has 1 N–H and O–H groups in total. The highest BCUT2D eigenvalue weighted by molar-refractivity contribution is 9.10. The van der Waals surface area contributed by atoms with E-state index in [1.165, 1.54) is 6.07 Å². The molecule has 4 heteroatoms. The second-order valence-corrected chi connectivity index (χ2v) is 5.69. The van der Waals surface area contributed by atoms with E-state index in [0.29, 0.717) is 5.56 Å². The van der Waals surface area contributed by atoms with E-state index in [2.05, 4.69) is 15.9 Å². The molecule has 0 aliphatic rings. The zero-order valence-corrected chi connectivity index (χ0v) is 12.7. The van der Waals surface area contributed by atoms with E-state index in [1.807, 2.05) is 25.1 Å². The summed E-state index contributed by atoms with van der Waals surface area (Å²) in [6.45, 7) is 1.98. The Balaban J connectivity index is 2.25. The summed E-state index contributed by atoms with van der Waals surface area (Å²) in [7, 11) is 0. The average molecular weight is 344 g/mol. The summed E-state index contributed by atoms with van der Waals surface area (Å²) in [6.07, 6.45) is -0.451.